The van der Waals surface area contributed by atoms with E-state index < -0.39 is 21.0 Å². The van der Waals surface area contributed by atoms with Crippen molar-refractivity contribution in [3.8, 4) is 11.5 Å². The molecule has 7 nitrogen and oxygen atoms in total. The van der Waals surface area contributed by atoms with Gasteiger partial charge < -0.3 is 14.6 Å². The number of rotatable bonds is 12. The Kier molecular flexibility index (Phi) is 9.41. The molecule has 0 fully saturated rings. The molecule has 2 aromatic carbocycles. The first-order valence-corrected chi connectivity index (χ1v) is 13.3. The number of ketones is 1. The number of sulfonamides is 1. The molecule has 0 aliphatic heterocycles. The maximum Gasteiger partial charge on any atom is 0.209 e. The van der Waals surface area contributed by atoms with E-state index in [4.69, 9.17) is 32.7 Å². The van der Waals surface area contributed by atoms with Crippen LogP contribution < -0.4 is 14.2 Å². The third-order valence-corrected chi connectivity index (χ3v) is 6.75. The van der Waals surface area contributed by atoms with E-state index in [1.54, 1.807) is 31.2 Å². The predicted molar refractivity (Wildman–Crippen MR) is 135 cm³/mol. The summed E-state index contributed by atoms with van der Waals surface area (Å²) in [5.41, 5.74) is 0.380. The topological polar surface area (TPSA) is 102 Å². The van der Waals surface area contributed by atoms with Crippen molar-refractivity contribution < 1.29 is 27.8 Å². The Balaban J connectivity index is 2.11. The Morgan fingerprint density at radius 1 is 1.03 bits per heavy atom. The molecule has 0 bridgehead atoms. The van der Waals surface area contributed by atoms with Crippen LogP contribution in [0.2, 0.25) is 10.0 Å². The highest BCUT2D eigenvalue weighted by molar-refractivity contribution is 7.88. The van der Waals surface area contributed by atoms with Gasteiger partial charge in [-0.25, -0.2) is 13.1 Å². The molecule has 0 unspecified atom stereocenters. The number of hydrogen-bond acceptors (Lipinski definition) is 6. The van der Waals surface area contributed by atoms with Gasteiger partial charge in [0.1, 0.15) is 19.0 Å². The summed E-state index contributed by atoms with van der Waals surface area (Å²) in [6.07, 6.45) is 1.51. The van der Waals surface area contributed by atoms with Crippen LogP contribution in [0.25, 0.3) is 0 Å². The molecule has 1 atom stereocenters. The number of carbonyl (C=O) groups excluding carboxylic acids is 1. The van der Waals surface area contributed by atoms with Gasteiger partial charge in [-0.3, -0.25) is 4.79 Å². The maximum absolute atomic E-state index is 11.8. The minimum absolute atomic E-state index is 0.0694. The predicted octanol–water partition coefficient (Wildman–Crippen LogP) is 4.36. The molecule has 2 aromatic rings. The van der Waals surface area contributed by atoms with Crippen molar-refractivity contribution >= 4 is 39.0 Å². The van der Waals surface area contributed by atoms with Crippen molar-refractivity contribution in [2.24, 2.45) is 0 Å². The molecular weight excluding hydrogens is 501 g/mol. The number of ether oxygens (including phenoxy) is 2. The lowest BCUT2D eigenvalue weighted by Gasteiger charge is -2.28. The maximum atomic E-state index is 11.8. The highest BCUT2D eigenvalue weighted by Gasteiger charge is 2.27. The molecule has 0 aliphatic rings. The zero-order valence-electron chi connectivity index (χ0n) is 19.9. The molecule has 0 saturated heterocycles. The first-order chi connectivity index (χ1) is 15.6. The van der Waals surface area contributed by atoms with E-state index in [0.717, 1.165) is 17.4 Å². The van der Waals surface area contributed by atoms with E-state index in [-0.39, 0.29) is 25.5 Å². The van der Waals surface area contributed by atoms with Gasteiger partial charge in [0.05, 0.1) is 28.4 Å². The van der Waals surface area contributed by atoms with E-state index in [2.05, 4.69) is 4.72 Å². The number of carbonyl (C=O) groups is 1. The van der Waals surface area contributed by atoms with Crippen LogP contribution in [0.1, 0.15) is 45.2 Å². The molecule has 0 radical (unpaired) electrons. The van der Waals surface area contributed by atoms with Crippen molar-refractivity contribution in [2.45, 2.75) is 45.1 Å². The van der Waals surface area contributed by atoms with Crippen LogP contribution in [-0.2, 0) is 20.2 Å². The first kappa shape index (κ1) is 28.4. The highest BCUT2D eigenvalue weighted by Crippen LogP contribution is 2.41. The lowest BCUT2D eigenvalue weighted by Crippen LogP contribution is -2.31. The van der Waals surface area contributed by atoms with Gasteiger partial charge in [0.25, 0.3) is 0 Å². The molecule has 188 valence electrons. The number of hydrogen-bond donors (Lipinski definition) is 2. The van der Waals surface area contributed by atoms with Crippen molar-refractivity contribution in [3.63, 3.8) is 0 Å². The van der Waals surface area contributed by atoms with E-state index in [9.17, 15) is 18.3 Å². The van der Waals surface area contributed by atoms with Crippen molar-refractivity contribution in [1.82, 2.24) is 4.72 Å². The molecule has 0 spiro atoms. The fourth-order valence-corrected chi connectivity index (χ4v) is 3.97. The van der Waals surface area contributed by atoms with Crippen LogP contribution in [-0.4, -0.2) is 50.9 Å². The number of Topliss-reactive ketones (excluding diaryl/α,β-unsaturated/α-hetero) is 1. The van der Waals surface area contributed by atoms with Gasteiger partial charge in [0.2, 0.25) is 10.0 Å². The SMILES string of the molecule is CC[C@](C)(O)COc1c(Cl)cc(C(C)(C)c2ccc(OCC(=O)CNS(C)(=O)=O)cc2)cc1Cl. The largest absolute Gasteiger partial charge is 0.487 e. The van der Waals surface area contributed by atoms with Crippen LogP contribution in [0.15, 0.2) is 36.4 Å². The van der Waals surface area contributed by atoms with Crippen molar-refractivity contribution in [2.75, 3.05) is 26.0 Å². The number of nitrogens with one attached hydrogen (secondary N) is 1. The number of aliphatic hydroxyl groups is 1. The Morgan fingerprint density at radius 2 is 1.59 bits per heavy atom. The molecular formula is C24H31Cl2NO6S. The van der Waals surface area contributed by atoms with Gasteiger partial charge in [-0.15, -0.1) is 0 Å². The summed E-state index contributed by atoms with van der Waals surface area (Å²) < 4.78 is 35.4. The Bertz CT molecular complexity index is 1090. The molecule has 2 rings (SSSR count). The Morgan fingerprint density at radius 3 is 2.09 bits per heavy atom. The Hall–Kier alpha value is -1.84. The fraction of sp³-hybridized carbons (Fsp3) is 0.458. The molecule has 0 heterocycles. The lowest BCUT2D eigenvalue weighted by atomic mass is 9.78. The van der Waals surface area contributed by atoms with Crippen LogP contribution in [0.3, 0.4) is 0 Å². The quantitative estimate of drug-likeness (QED) is 0.422. The summed E-state index contributed by atoms with van der Waals surface area (Å²) in [6, 6.07) is 10.8. The molecule has 0 saturated carbocycles. The van der Waals surface area contributed by atoms with E-state index in [1.165, 1.54) is 0 Å². The van der Waals surface area contributed by atoms with Crippen LogP contribution in [0, 0.1) is 0 Å². The summed E-state index contributed by atoms with van der Waals surface area (Å²) in [5.74, 6) is 0.423. The van der Waals surface area contributed by atoms with Gasteiger partial charge in [-0.1, -0.05) is 56.1 Å². The normalized spacial score (nSPS) is 13.9. The van der Waals surface area contributed by atoms with E-state index >= 15 is 0 Å². The van der Waals surface area contributed by atoms with E-state index in [0.29, 0.717) is 28.0 Å². The summed E-state index contributed by atoms with van der Waals surface area (Å²) in [6.45, 7) is 7.09. The third-order valence-electron chi connectivity index (χ3n) is 5.52. The second-order valence-corrected chi connectivity index (χ2v) is 11.6. The number of benzene rings is 2. The number of halogens is 2. The fourth-order valence-electron chi connectivity index (χ4n) is 2.95. The third kappa shape index (κ3) is 8.13. The van der Waals surface area contributed by atoms with Gasteiger partial charge in [-0.2, -0.15) is 0 Å². The molecule has 10 heteroatoms. The zero-order chi connectivity index (χ0) is 25.7. The standard InChI is InChI=1S/C24H31Cl2NO6S/c1-6-24(4,29)15-33-22-20(25)11-17(12-21(22)26)23(2,3)16-7-9-19(10-8-16)32-14-18(28)13-27-34(5,30)31/h7-12,27,29H,6,13-15H2,1-5H3/t24-/m0/s1. The average Bonchev–Trinajstić information content (AvgIpc) is 2.75. The molecule has 0 aromatic heterocycles. The monoisotopic (exact) mass is 531 g/mol. The Labute approximate surface area is 211 Å². The van der Waals surface area contributed by atoms with Crippen molar-refractivity contribution in [3.05, 3.63) is 57.6 Å². The molecule has 34 heavy (non-hydrogen) atoms. The summed E-state index contributed by atoms with van der Waals surface area (Å²) in [7, 11) is -3.43. The zero-order valence-corrected chi connectivity index (χ0v) is 22.3. The summed E-state index contributed by atoms with van der Waals surface area (Å²) in [4.78, 5) is 11.8. The second kappa shape index (κ2) is 11.3. The first-order valence-electron chi connectivity index (χ1n) is 10.7. The lowest BCUT2D eigenvalue weighted by molar-refractivity contribution is -0.119. The minimum atomic E-state index is -3.43. The van der Waals surface area contributed by atoms with Gasteiger partial charge in [0.15, 0.2) is 11.5 Å². The van der Waals surface area contributed by atoms with Crippen LogP contribution >= 0.6 is 23.2 Å². The van der Waals surface area contributed by atoms with E-state index in [1.807, 2.05) is 32.9 Å². The average molecular weight is 532 g/mol. The molecule has 0 aliphatic carbocycles. The smallest absolute Gasteiger partial charge is 0.209 e. The van der Waals surface area contributed by atoms with Gasteiger partial charge in [-0.05, 0) is 48.7 Å². The van der Waals surface area contributed by atoms with Gasteiger partial charge >= 0.3 is 0 Å². The van der Waals surface area contributed by atoms with Crippen LogP contribution in [0.5, 0.6) is 11.5 Å². The summed E-state index contributed by atoms with van der Waals surface area (Å²) >= 11 is 12.9. The van der Waals surface area contributed by atoms with Crippen molar-refractivity contribution in [1.29, 1.82) is 0 Å². The van der Waals surface area contributed by atoms with Crippen LogP contribution in [0.4, 0.5) is 0 Å². The highest BCUT2D eigenvalue weighted by atomic mass is 35.5. The minimum Gasteiger partial charge on any atom is -0.487 e. The summed E-state index contributed by atoms with van der Waals surface area (Å²) in [5, 5.41) is 10.9. The van der Waals surface area contributed by atoms with Gasteiger partial charge in [0, 0.05) is 5.41 Å². The molecule has 2 N–H and O–H groups in total. The second-order valence-electron chi connectivity index (χ2n) is 8.98. The molecule has 0 amide bonds.